The maximum absolute atomic E-state index is 11.6. The van der Waals surface area contributed by atoms with Crippen LogP contribution < -0.4 is 5.56 Å². The Bertz CT molecular complexity index is 364. The summed E-state index contributed by atoms with van der Waals surface area (Å²) in [6, 6.07) is 5.62. The van der Waals surface area contributed by atoms with Crippen LogP contribution in [-0.2, 0) is 0 Å². The molecule has 15 heavy (non-hydrogen) atoms. The maximum Gasteiger partial charge on any atom is 0.250 e. The molecule has 1 aliphatic carbocycles. The van der Waals surface area contributed by atoms with Crippen LogP contribution in [-0.4, -0.2) is 16.3 Å². The zero-order valence-electron chi connectivity index (χ0n) is 8.80. The molecular formula is C12H17NO2. The molecule has 82 valence electrons. The summed E-state index contributed by atoms with van der Waals surface area (Å²) in [5.74, 6) is 0.445. The summed E-state index contributed by atoms with van der Waals surface area (Å²) in [6.07, 6.45) is 5.95. The van der Waals surface area contributed by atoms with Crippen molar-refractivity contribution in [1.29, 1.82) is 0 Å². The molecule has 1 aromatic heterocycles. The van der Waals surface area contributed by atoms with E-state index in [1.54, 1.807) is 12.1 Å². The lowest BCUT2D eigenvalue weighted by molar-refractivity contribution is 0.168. The number of rotatable bonds is 2. The van der Waals surface area contributed by atoms with Gasteiger partial charge in [0.1, 0.15) is 0 Å². The van der Waals surface area contributed by atoms with Crippen molar-refractivity contribution in [2.45, 2.75) is 31.7 Å². The van der Waals surface area contributed by atoms with Gasteiger partial charge in [0, 0.05) is 24.9 Å². The molecule has 1 saturated carbocycles. The lowest BCUT2D eigenvalue weighted by atomic mass is 9.86. The molecule has 0 aromatic carbocycles. The highest BCUT2D eigenvalue weighted by Gasteiger charge is 2.21. The van der Waals surface area contributed by atoms with Gasteiger partial charge in [0.25, 0.3) is 5.56 Å². The van der Waals surface area contributed by atoms with E-state index in [9.17, 15) is 4.79 Å². The Labute approximate surface area is 89.4 Å². The first-order valence-electron chi connectivity index (χ1n) is 5.59. The third kappa shape index (κ3) is 2.29. The van der Waals surface area contributed by atoms with E-state index in [0.29, 0.717) is 12.0 Å². The van der Waals surface area contributed by atoms with Crippen LogP contribution in [0.15, 0.2) is 29.2 Å². The lowest BCUT2D eigenvalue weighted by Crippen LogP contribution is -2.27. The number of nitrogens with zero attached hydrogens (tertiary/aromatic N) is 1. The van der Waals surface area contributed by atoms with E-state index in [2.05, 4.69) is 0 Å². The zero-order chi connectivity index (χ0) is 10.7. The summed E-state index contributed by atoms with van der Waals surface area (Å²) in [5, 5.41) is 9.03. The summed E-state index contributed by atoms with van der Waals surface area (Å²) in [6.45, 7) is 0.288. The molecule has 3 heteroatoms. The minimum absolute atomic E-state index is 0.0879. The largest absolute Gasteiger partial charge is 0.396 e. The fourth-order valence-electron chi connectivity index (χ4n) is 2.35. The number of aromatic nitrogens is 1. The Morgan fingerprint density at radius 1 is 1.27 bits per heavy atom. The average Bonchev–Trinajstić information content (AvgIpc) is 2.30. The molecule has 0 unspecified atom stereocenters. The van der Waals surface area contributed by atoms with Crippen molar-refractivity contribution in [2.24, 2.45) is 5.92 Å². The molecule has 1 fully saturated rings. The fourth-order valence-corrected chi connectivity index (χ4v) is 2.35. The van der Waals surface area contributed by atoms with Crippen molar-refractivity contribution in [2.75, 3.05) is 6.61 Å². The third-order valence-electron chi connectivity index (χ3n) is 3.32. The molecule has 3 nitrogen and oxygen atoms in total. The molecule has 0 bridgehead atoms. The number of hydrogen-bond acceptors (Lipinski definition) is 2. The topological polar surface area (TPSA) is 42.2 Å². The highest BCUT2D eigenvalue weighted by molar-refractivity contribution is 4.95. The summed E-state index contributed by atoms with van der Waals surface area (Å²) in [5.41, 5.74) is 0.0879. The van der Waals surface area contributed by atoms with Crippen molar-refractivity contribution < 1.29 is 5.11 Å². The molecule has 1 N–H and O–H groups in total. The number of aliphatic hydroxyl groups is 1. The summed E-state index contributed by atoms with van der Waals surface area (Å²) in [7, 11) is 0. The first kappa shape index (κ1) is 10.4. The minimum Gasteiger partial charge on any atom is -0.396 e. The Morgan fingerprint density at radius 2 is 2.00 bits per heavy atom. The molecule has 0 atom stereocenters. The molecule has 0 spiro atoms. The molecular weight excluding hydrogens is 190 g/mol. The van der Waals surface area contributed by atoms with Crippen molar-refractivity contribution in [3.8, 4) is 0 Å². The molecule has 1 aliphatic rings. The van der Waals surface area contributed by atoms with E-state index < -0.39 is 0 Å². The van der Waals surface area contributed by atoms with Crippen LogP contribution in [0.3, 0.4) is 0 Å². The zero-order valence-corrected chi connectivity index (χ0v) is 8.80. The van der Waals surface area contributed by atoms with Crippen LogP contribution in [0.25, 0.3) is 0 Å². The molecule has 0 radical (unpaired) electrons. The first-order chi connectivity index (χ1) is 7.31. The minimum atomic E-state index is 0.0879. The van der Waals surface area contributed by atoms with Gasteiger partial charge in [-0.3, -0.25) is 4.79 Å². The predicted molar refractivity (Wildman–Crippen MR) is 58.8 cm³/mol. The predicted octanol–water partition coefficient (Wildman–Crippen LogP) is 1.57. The molecule has 1 heterocycles. The second kappa shape index (κ2) is 4.62. The van der Waals surface area contributed by atoms with Gasteiger partial charge in [0.05, 0.1) is 0 Å². The van der Waals surface area contributed by atoms with Gasteiger partial charge in [0.15, 0.2) is 0 Å². The van der Waals surface area contributed by atoms with Crippen LogP contribution >= 0.6 is 0 Å². The molecule has 0 saturated heterocycles. The van der Waals surface area contributed by atoms with Crippen LogP contribution in [0.1, 0.15) is 31.7 Å². The molecule has 0 aliphatic heterocycles. The Kier molecular flexibility index (Phi) is 3.21. The van der Waals surface area contributed by atoms with E-state index in [1.807, 2.05) is 16.8 Å². The van der Waals surface area contributed by atoms with Crippen LogP contribution in [0, 0.1) is 5.92 Å². The van der Waals surface area contributed by atoms with Crippen LogP contribution in [0.5, 0.6) is 0 Å². The van der Waals surface area contributed by atoms with Gasteiger partial charge >= 0.3 is 0 Å². The third-order valence-corrected chi connectivity index (χ3v) is 3.32. The van der Waals surface area contributed by atoms with E-state index in [4.69, 9.17) is 5.11 Å². The monoisotopic (exact) mass is 207 g/mol. The van der Waals surface area contributed by atoms with Gasteiger partial charge in [-0.1, -0.05) is 6.07 Å². The van der Waals surface area contributed by atoms with Gasteiger partial charge in [-0.05, 0) is 37.7 Å². The highest BCUT2D eigenvalue weighted by atomic mass is 16.3. The van der Waals surface area contributed by atoms with Gasteiger partial charge in [-0.25, -0.2) is 0 Å². The highest BCUT2D eigenvalue weighted by Crippen LogP contribution is 2.30. The van der Waals surface area contributed by atoms with Gasteiger partial charge in [-0.15, -0.1) is 0 Å². The standard InChI is InChI=1S/C12H17NO2/c14-9-10-4-6-11(7-5-10)13-8-2-1-3-12(13)15/h1-3,8,10-11,14H,4-7,9H2. The van der Waals surface area contributed by atoms with E-state index in [0.717, 1.165) is 25.7 Å². The van der Waals surface area contributed by atoms with Crippen LogP contribution in [0.4, 0.5) is 0 Å². The second-order valence-corrected chi connectivity index (χ2v) is 4.30. The van der Waals surface area contributed by atoms with E-state index in [-0.39, 0.29) is 12.2 Å². The van der Waals surface area contributed by atoms with E-state index in [1.165, 1.54) is 0 Å². The van der Waals surface area contributed by atoms with Crippen molar-refractivity contribution in [3.63, 3.8) is 0 Å². The number of hydrogen-bond donors (Lipinski definition) is 1. The quantitative estimate of drug-likeness (QED) is 0.800. The van der Waals surface area contributed by atoms with Gasteiger partial charge in [-0.2, -0.15) is 0 Å². The average molecular weight is 207 g/mol. The normalized spacial score (nSPS) is 26.5. The first-order valence-corrected chi connectivity index (χ1v) is 5.59. The Balaban J connectivity index is 2.08. The molecule has 2 rings (SSSR count). The fraction of sp³-hybridized carbons (Fsp3) is 0.583. The van der Waals surface area contributed by atoms with Crippen molar-refractivity contribution >= 4 is 0 Å². The Morgan fingerprint density at radius 3 is 2.60 bits per heavy atom. The summed E-state index contributed by atoms with van der Waals surface area (Å²) < 4.78 is 1.83. The van der Waals surface area contributed by atoms with Gasteiger partial charge in [0.2, 0.25) is 0 Å². The molecule has 1 aromatic rings. The second-order valence-electron chi connectivity index (χ2n) is 4.30. The Hall–Kier alpha value is -1.09. The van der Waals surface area contributed by atoms with Gasteiger partial charge < -0.3 is 9.67 Å². The SMILES string of the molecule is O=c1ccccn1C1CCC(CO)CC1. The maximum atomic E-state index is 11.6. The smallest absolute Gasteiger partial charge is 0.250 e. The summed E-state index contributed by atoms with van der Waals surface area (Å²) >= 11 is 0. The van der Waals surface area contributed by atoms with Crippen molar-refractivity contribution in [1.82, 2.24) is 4.57 Å². The summed E-state index contributed by atoms with van der Waals surface area (Å²) in [4.78, 5) is 11.6. The lowest BCUT2D eigenvalue weighted by Gasteiger charge is -2.28. The van der Waals surface area contributed by atoms with E-state index >= 15 is 0 Å². The molecule has 0 amide bonds. The van der Waals surface area contributed by atoms with Crippen molar-refractivity contribution in [3.05, 3.63) is 34.7 Å². The number of aliphatic hydroxyl groups excluding tert-OH is 1. The van der Waals surface area contributed by atoms with Crippen LogP contribution in [0.2, 0.25) is 0 Å². The number of pyridine rings is 1.